The van der Waals surface area contributed by atoms with Crippen LogP contribution in [0.15, 0.2) is 35.5 Å². The number of carbonyl (C=O) groups excluding carboxylic acids is 1. The van der Waals surface area contributed by atoms with Gasteiger partial charge in [-0.3, -0.25) is 4.79 Å². The summed E-state index contributed by atoms with van der Waals surface area (Å²) in [5.41, 5.74) is 3.73. The highest BCUT2D eigenvalue weighted by Gasteiger charge is 2.27. The minimum atomic E-state index is 0.0196. The van der Waals surface area contributed by atoms with Crippen LogP contribution in [0.4, 0.5) is 5.95 Å². The first-order valence-corrected chi connectivity index (χ1v) is 6.05. The minimum Gasteiger partial charge on any atom is -0.329 e. The van der Waals surface area contributed by atoms with Gasteiger partial charge in [0, 0.05) is 11.3 Å². The van der Waals surface area contributed by atoms with Gasteiger partial charge < -0.3 is 9.88 Å². The maximum absolute atomic E-state index is 11.8. The number of para-hydroxylation sites is 2. The Morgan fingerprint density at radius 3 is 2.83 bits per heavy atom. The molecule has 0 fully saturated rings. The number of hydrogen-bond donors (Lipinski definition) is 1. The van der Waals surface area contributed by atoms with Gasteiger partial charge in [-0.25, -0.2) is 4.98 Å². The van der Waals surface area contributed by atoms with E-state index < -0.39 is 0 Å². The normalized spacial score (nSPS) is 18.7. The smallest absolute Gasteiger partial charge is 0.208 e. The van der Waals surface area contributed by atoms with Crippen LogP contribution in [0.1, 0.15) is 26.8 Å². The Labute approximate surface area is 105 Å². The number of ketones is 1. The van der Waals surface area contributed by atoms with Crippen LogP contribution in [0.3, 0.4) is 0 Å². The van der Waals surface area contributed by atoms with Crippen LogP contribution < -0.4 is 5.32 Å². The zero-order chi connectivity index (χ0) is 12.9. The summed E-state index contributed by atoms with van der Waals surface area (Å²) < 4.78 is 2.08. The summed E-state index contributed by atoms with van der Waals surface area (Å²) in [5, 5.41) is 3.22. The van der Waals surface area contributed by atoms with Crippen LogP contribution in [-0.4, -0.2) is 15.3 Å². The quantitative estimate of drug-likeness (QED) is 0.835. The number of allylic oxidation sites excluding steroid dienone is 2. The van der Waals surface area contributed by atoms with E-state index >= 15 is 0 Å². The summed E-state index contributed by atoms with van der Waals surface area (Å²) in [6.07, 6.45) is 0. The molecule has 92 valence electrons. The number of carbonyl (C=O) groups is 1. The highest BCUT2D eigenvalue weighted by molar-refractivity contribution is 5.96. The molecule has 1 aromatic carbocycles. The van der Waals surface area contributed by atoms with Gasteiger partial charge in [-0.2, -0.15) is 0 Å². The van der Waals surface area contributed by atoms with Crippen LogP contribution in [0.5, 0.6) is 0 Å². The van der Waals surface area contributed by atoms with E-state index in [1.807, 2.05) is 38.1 Å². The number of Topliss-reactive ketones (excluding diaryl/α,β-unsaturated/α-hetero) is 1. The van der Waals surface area contributed by atoms with E-state index in [2.05, 4.69) is 14.9 Å². The van der Waals surface area contributed by atoms with E-state index in [1.54, 1.807) is 6.92 Å². The standard InChI is InChI=1S/C14H15N3O/c1-8-13(10(3)18)9(2)17-12-7-5-4-6-11(12)16-14(17)15-8/h4-7,9H,1-3H3,(H,15,16)/t9-/m0/s1. The molecule has 3 rings (SSSR count). The van der Waals surface area contributed by atoms with Gasteiger partial charge in [0.05, 0.1) is 17.1 Å². The summed E-state index contributed by atoms with van der Waals surface area (Å²) in [7, 11) is 0. The van der Waals surface area contributed by atoms with Gasteiger partial charge in [-0.15, -0.1) is 0 Å². The molecule has 1 aliphatic heterocycles. The van der Waals surface area contributed by atoms with Crippen LogP contribution in [0.25, 0.3) is 11.0 Å². The average Bonchev–Trinajstić information content (AvgIpc) is 2.66. The molecule has 1 atom stereocenters. The Kier molecular flexibility index (Phi) is 2.26. The van der Waals surface area contributed by atoms with Crippen molar-refractivity contribution < 1.29 is 4.79 Å². The predicted octanol–water partition coefficient (Wildman–Crippen LogP) is 2.89. The number of imidazole rings is 1. The van der Waals surface area contributed by atoms with Crippen molar-refractivity contribution in [1.82, 2.24) is 9.55 Å². The van der Waals surface area contributed by atoms with Crippen LogP contribution >= 0.6 is 0 Å². The molecular weight excluding hydrogens is 226 g/mol. The SMILES string of the molecule is CC(=O)C1=C(C)Nc2nc3ccccc3n2[C@H]1C. The summed E-state index contributed by atoms with van der Waals surface area (Å²) in [6, 6.07) is 7.99. The van der Waals surface area contributed by atoms with Gasteiger partial charge in [0.25, 0.3) is 0 Å². The van der Waals surface area contributed by atoms with Gasteiger partial charge in [0.1, 0.15) is 0 Å². The fourth-order valence-corrected chi connectivity index (χ4v) is 2.76. The summed E-state index contributed by atoms with van der Waals surface area (Å²) in [5.74, 6) is 0.919. The van der Waals surface area contributed by atoms with Crippen molar-refractivity contribution in [3.63, 3.8) is 0 Å². The van der Waals surface area contributed by atoms with Gasteiger partial charge in [-0.1, -0.05) is 12.1 Å². The fourth-order valence-electron chi connectivity index (χ4n) is 2.76. The van der Waals surface area contributed by atoms with Crippen molar-refractivity contribution in [1.29, 1.82) is 0 Å². The van der Waals surface area contributed by atoms with E-state index in [0.717, 1.165) is 28.3 Å². The Morgan fingerprint density at radius 2 is 2.11 bits per heavy atom. The molecular formula is C14H15N3O. The Balaban J connectivity index is 2.26. The molecule has 0 radical (unpaired) electrons. The van der Waals surface area contributed by atoms with Crippen molar-refractivity contribution in [3.8, 4) is 0 Å². The van der Waals surface area contributed by atoms with Crippen molar-refractivity contribution in [2.45, 2.75) is 26.8 Å². The average molecular weight is 241 g/mol. The number of fused-ring (bicyclic) bond motifs is 3. The van der Waals surface area contributed by atoms with Crippen molar-refractivity contribution >= 4 is 22.8 Å². The van der Waals surface area contributed by atoms with Crippen molar-refractivity contribution in [2.75, 3.05) is 5.32 Å². The lowest BCUT2D eigenvalue weighted by Crippen LogP contribution is -2.24. The number of rotatable bonds is 1. The monoisotopic (exact) mass is 241 g/mol. The summed E-state index contributed by atoms with van der Waals surface area (Å²) in [6.45, 7) is 5.58. The van der Waals surface area contributed by atoms with Gasteiger partial charge >= 0.3 is 0 Å². The van der Waals surface area contributed by atoms with Gasteiger partial charge in [-0.05, 0) is 32.9 Å². The maximum atomic E-state index is 11.8. The Bertz CT molecular complexity index is 681. The Morgan fingerprint density at radius 1 is 1.39 bits per heavy atom. The molecule has 2 aromatic rings. The molecule has 1 aromatic heterocycles. The maximum Gasteiger partial charge on any atom is 0.208 e. The molecule has 1 N–H and O–H groups in total. The third kappa shape index (κ3) is 1.38. The topological polar surface area (TPSA) is 46.9 Å². The molecule has 0 unspecified atom stereocenters. The molecule has 0 aliphatic carbocycles. The van der Waals surface area contributed by atoms with E-state index in [0.29, 0.717) is 0 Å². The highest BCUT2D eigenvalue weighted by Crippen LogP contribution is 2.34. The molecule has 4 heteroatoms. The number of nitrogens with zero attached hydrogens (tertiary/aromatic N) is 2. The summed E-state index contributed by atoms with van der Waals surface area (Å²) in [4.78, 5) is 16.3. The second-order valence-electron chi connectivity index (χ2n) is 4.69. The zero-order valence-electron chi connectivity index (χ0n) is 10.7. The molecule has 18 heavy (non-hydrogen) atoms. The molecule has 2 heterocycles. The second kappa shape index (κ2) is 3.70. The Hall–Kier alpha value is -2.10. The van der Waals surface area contributed by atoms with Crippen molar-refractivity contribution in [3.05, 3.63) is 35.5 Å². The van der Waals surface area contributed by atoms with Crippen LogP contribution in [0.2, 0.25) is 0 Å². The lowest BCUT2D eigenvalue weighted by molar-refractivity contribution is -0.114. The molecule has 0 amide bonds. The van der Waals surface area contributed by atoms with Crippen LogP contribution in [0, 0.1) is 0 Å². The minimum absolute atomic E-state index is 0.0196. The first-order valence-electron chi connectivity index (χ1n) is 6.05. The first kappa shape index (κ1) is 11.0. The molecule has 1 aliphatic rings. The zero-order valence-corrected chi connectivity index (χ0v) is 10.7. The largest absolute Gasteiger partial charge is 0.329 e. The number of nitrogens with one attached hydrogen (secondary N) is 1. The lowest BCUT2D eigenvalue weighted by atomic mass is 10.0. The predicted molar refractivity (Wildman–Crippen MR) is 71.4 cm³/mol. The third-order valence-electron chi connectivity index (χ3n) is 3.48. The lowest BCUT2D eigenvalue weighted by Gasteiger charge is -2.26. The first-order chi connectivity index (χ1) is 8.59. The van der Waals surface area contributed by atoms with E-state index in [-0.39, 0.29) is 11.8 Å². The molecule has 0 bridgehead atoms. The van der Waals surface area contributed by atoms with E-state index in [9.17, 15) is 4.79 Å². The van der Waals surface area contributed by atoms with Gasteiger partial charge in [0.2, 0.25) is 5.95 Å². The highest BCUT2D eigenvalue weighted by atomic mass is 16.1. The van der Waals surface area contributed by atoms with Crippen LogP contribution in [-0.2, 0) is 4.79 Å². The van der Waals surface area contributed by atoms with E-state index in [1.165, 1.54) is 0 Å². The van der Waals surface area contributed by atoms with E-state index in [4.69, 9.17) is 0 Å². The van der Waals surface area contributed by atoms with Gasteiger partial charge in [0.15, 0.2) is 5.78 Å². The number of benzene rings is 1. The second-order valence-corrected chi connectivity index (χ2v) is 4.69. The van der Waals surface area contributed by atoms with Crippen molar-refractivity contribution in [2.24, 2.45) is 0 Å². The molecule has 0 spiro atoms. The molecule has 0 saturated heterocycles. The number of aromatic nitrogens is 2. The molecule has 4 nitrogen and oxygen atoms in total. The number of anilines is 1. The third-order valence-corrected chi connectivity index (χ3v) is 3.48. The summed E-state index contributed by atoms with van der Waals surface area (Å²) >= 11 is 0. The fraction of sp³-hybridized carbons (Fsp3) is 0.286. The molecule has 0 saturated carbocycles. The number of hydrogen-bond acceptors (Lipinski definition) is 3.